The molecule has 1 atom stereocenters. The summed E-state index contributed by atoms with van der Waals surface area (Å²) in [5.41, 5.74) is 5.72. The molecule has 1 aliphatic heterocycles. The maximum Gasteiger partial charge on any atom is 0.239 e. The Morgan fingerprint density at radius 2 is 2.07 bits per heavy atom. The molecule has 1 saturated heterocycles. The van der Waals surface area contributed by atoms with Gasteiger partial charge >= 0.3 is 0 Å². The normalized spacial score (nSPS) is 20.0. The zero-order valence-electron chi connectivity index (χ0n) is 9.48. The van der Waals surface area contributed by atoms with E-state index in [0.29, 0.717) is 6.42 Å². The van der Waals surface area contributed by atoms with E-state index in [2.05, 4.69) is 11.5 Å². The fourth-order valence-corrected chi connectivity index (χ4v) is 1.74. The minimum absolute atomic E-state index is 0.0933. The van der Waals surface area contributed by atoms with Gasteiger partial charge in [0.15, 0.2) is 0 Å². The molecular formula is C11H21N3O. The Labute approximate surface area is 91.7 Å². The lowest BCUT2D eigenvalue weighted by molar-refractivity contribution is -0.134. The molecular weight excluding hydrogens is 190 g/mol. The van der Waals surface area contributed by atoms with Crippen LogP contribution < -0.4 is 5.73 Å². The Balaban J connectivity index is 2.36. The molecule has 86 valence electrons. The van der Waals surface area contributed by atoms with E-state index in [9.17, 15) is 4.79 Å². The van der Waals surface area contributed by atoms with Crippen molar-refractivity contribution >= 4 is 5.91 Å². The van der Waals surface area contributed by atoms with Crippen molar-refractivity contribution < 1.29 is 4.79 Å². The highest BCUT2D eigenvalue weighted by Crippen LogP contribution is 2.04. The van der Waals surface area contributed by atoms with E-state index < -0.39 is 0 Å². The van der Waals surface area contributed by atoms with Crippen molar-refractivity contribution in [3.05, 3.63) is 12.7 Å². The third kappa shape index (κ3) is 3.32. The van der Waals surface area contributed by atoms with Gasteiger partial charge in [-0.2, -0.15) is 0 Å². The van der Waals surface area contributed by atoms with Crippen LogP contribution in [0.3, 0.4) is 0 Å². The first kappa shape index (κ1) is 12.2. The Morgan fingerprint density at radius 1 is 1.47 bits per heavy atom. The minimum Gasteiger partial charge on any atom is -0.339 e. The van der Waals surface area contributed by atoms with Crippen molar-refractivity contribution in [3.63, 3.8) is 0 Å². The fraction of sp³-hybridized carbons (Fsp3) is 0.727. The van der Waals surface area contributed by atoms with E-state index in [1.807, 2.05) is 17.9 Å². The van der Waals surface area contributed by atoms with Crippen LogP contribution in [-0.4, -0.2) is 54.5 Å². The third-order valence-electron chi connectivity index (χ3n) is 2.83. The van der Waals surface area contributed by atoms with E-state index in [1.54, 1.807) is 0 Å². The van der Waals surface area contributed by atoms with Gasteiger partial charge in [-0.25, -0.2) is 0 Å². The van der Waals surface area contributed by atoms with Crippen molar-refractivity contribution in [1.82, 2.24) is 9.80 Å². The van der Waals surface area contributed by atoms with Crippen LogP contribution in [0.5, 0.6) is 0 Å². The molecule has 0 saturated carbocycles. The zero-order chi connectivity index (χ0) is 11.3. The molecule has 0 aliphatic carbocycles. The van der Waals surface area contributed by atoms with Gasteiger partial charge in [0.2, 0.25) is 5.91 Å². The summed E-state index contributed by atoms with van der Waals surface area (Å²) >= 11 is 0. The van der Waals surface area contributed by atoms with Gasteiger partial charge in [-0.3, -0.25) is 9.69 Å². The highest BCUT2D eigenvalue weighted by Gasteiger charge is 2.23. The van der Waals surface area contributed by atoms with Crippen molar-refractivity contribution in [3.8, 4) is 0 Å². The first-order valence-electron chi connectivity index (χ1n) is 5.56. The molecule has 0 spiro atoms. The van der Waals surface area contributed by atoms with Crippen LogP contribution in [0.15, 0.2) is 12.7 Å². The van der Waals surface area contributed by atoms with Crippen LogP contribution in [0.2, 0.25) is 0 Å². The largest absolute Gasteiger partial charge is 0.339 e. The number of amides is 1. The summed E-state index contributed by atoms with van der Waals surface area (Å²) in [6, 6.07) is -0.323. The van der Waals surface area contributed by atoms with E-state index in [4.69, 9.17) is 5.73 Å². The van der Waals surface area contributed by atoms with Gasteiger partial charge in [0, 0.05) is 32.7 Å². The van der Waals surface area contributed by atoms with Crippen LogP contribution in [0.25, 0.3) is 0 Å². The Kier molecular flexibility index (Phi) is 4.78. The summed E-state index contributed by atoms with van der Waals surface area (Å²) < 4.78 is 0. The van der Waals surface area contributed by atoms with Gasteiger partial charge in [-0.15, -0.1) is 6.58 Å². The summed E-state index contributed by atoms with van der Waals surface area (Å²) in [5, 5.41) is 0. The second kappa shape index (κ2) is 5.88. The summed E-state index contributed by atoms with van der Waals surface area (Å²) in [6.45, 7) is 9.99. The van der Waals surface area contributed by atoms with Crippen LogP contribution in [0.4, 0.5) is 0 Å². The first-order valence-corrected chi connectivity index (χ1v) is 5.56. The zero-order valence-corrected chi connectivity index (χ0v) is 9.48. The number of nitrogens with zero attached hydrogens (tertiary/aromatic N) is 2. The topological polar surface area (TPSA) is 49.6 Å². The number of nitrogens with two attached hydrogens (primary N) is 1. The quantitative estimate of drug-likeness (QED) is 0.669. The smallest absolute Gasteiger partial charge is 0.239 e. The lowest BCUT2D eigenvalue weighted by atomic mass is 10.2. The maximum absolute atomic E-state index is 11.8. The van der Waals surface area contributed by atoms with Gasteiger partial charge in [-0.05, 0) is 6.42 Å². The lowest BCUT2D eigenvalue weighted by Crippen LogP contribution is -2.52. The summed E-state index contributed by atoms with van der Waals surface area (Å²) in [5.74, 6) is 0.0933. The molecule has 1 fully saturated rings. The molecule has 0 aromatic rings. The van der Waals surface area contributed by atoms with Gasteiger partial charge in [0.05, 0.1) is 6.04 Å². The standard InChI is InChI=1S/C11H21N3O/c1-3-5-13-6-8-14(9-7-13)11(15)10(12)4-2/h3,10H,1,4-9,12H2,2H3. The first-order chi connectivity index (χ1) is 7.19. The summed E-state index contributed by atoms with van der Waals surface area (Å²) in [6.07, 6.45) is 2.61. The molecule has 1 unspecified atom stereocenters. The predicted molar refractivity (Wildman–Crippen MR) is 61.5 cm³/mol. The number of hydrogen-bond acceptors (Lipinski definition) is 3. The molecule has 4 nitrogen and oxygen atoms in total. The van der Waals surface area contributed by atoms with Gasteiger partial charge in [0.25, 0.3) is 0 Å². The summed E-state index contributed by atoms with van der Waals surface area (Å²) in [7, 11) is 0. The number of rotatable bonds is 4. The van der Waals surface area contributed by atoms with E-state index in [1.165, 1.54) is 0 Å². The molecule has 1 rings (SSSR count). The van der Waals surface area contributed by atoms with Crippen LogP contribution in [0, 0.1) is 0 Å². The number of carbonyl (C=O) groups excluding carboxylic acids is 1. The molecule has 15 heavy (non-hydrogen) atoms. The average Bonchev–Trinajstić information content (AvgIpc) is 2.28. The number of carbonyl (C=O) groups is 1. The highest BCUT2D eigenvalue weighted by atomic mass is 16.2. The van der Waals surface area contributed by atoms with E-state index in [-0.39, 0.29) is 11.9 Å². The van der Waals surface area contributed by atoms with E-state index >= 15 is 0 Å². The molecule has 0 radical (unpaired) electrons. The second-order valence-electron chi connectivity index (χ2n) is 3.93. The van der Waals surface area contributed by atoms with Crippen molar-refractivity contribution in [2.45, 2.75) is 19.4 Å². The molecule has 4 heteroatoms. The maximum atomic E-state index is 11.8. The van der Waals surface area contributed by atoms with Gasteiger partial charge < -0.3 is 10.6 Å². The Morgan fingerprint density at radius 3 is 2.53 bits per heavy atom. The number of hydrogen-bond donors (Lipinski definition) is 1. The summed E-state index contributed by atoms with van der Waals surface area (Å²) in [4.78, 5) is 15.9. The van der Waals surface area contributed by atoms with E-state index in [0.717, 1.165) is 32.7 Å². The molecule has 1 aliphatic rings. The second-order valence-corrected chi connectivity index (χ2v) is 3.93. The Bertz CT molecular complexity index is 222. The number of piperazine rings is 1. The molecule has 0 bridgehead atoms. The molecule has 0 aromatic carbocycles. The molecule has 1 heterocycles. The SMILES string of the molecule is C=CCN1CCN(C(=O)C(N)CC)CC1. The van der Waals surface area contributed by atoms with Crippen molar-refractivity contribution in [1.29, 1.82) is 0 Å². The van der Waals surface area contributed by atoms with Crippen LogP contribution >= 0.6 is 0 Å². The molecule has 1 amide bonds. The highest BCUT2D eigenvalue weighted by molar-refractivity contribution is 5.81. The molecule has 0 aromatic heterocycles. The third-order valence-corrected chi connectivity index (χ3v) is 2.83. The van der Waals surface area contributed by atoms with Crippen molar-refractivity contribution in [2.75, 3.05) is 32.7 Å². The monoisotopic (exact) mass is 211 g/mol. The average molecular weight is 211 g/mol. The lowest BCUT2D eigenvalue weighted by Gasteiger charge is -2.35. The predicted octanol–water partition coefficient (Wildman–Crippen LogP) is 0.0539. The Hall–Kier alpha value is -0.870. The molecule has 2 N–H and O–H groups in total. The van der Waals surface area contributed by atoms with Gasteiger partial charge in [0.1, 0.15) is 0 Å². The minimum atomic E-state index is -0.323. The van der Waals surface area contributed by atoms with Crippen LogP contribution in [-0.2, 0) is 4.79 Å². The fourth-order valence-electron chi connectivity index (χ4n) is 1.74. The van der Waals surface area contributed by atoms with Gasteiger partial charge in [-0.1, -0.05) is 13.0 Å². The van der Waals surface area contributed by atoms with Crippen molar-refractivity contribution in [2.24, 2.45) is 5.73 Å². The van der Waals surface area contributed by atoms with Crippen LogP contribution in [0.1, 0.15) is 13.3 Å².